The third-order valence-electron chi connectivity index (χ3n) is 7.72. The standard InChI is InChI=1S/C37H38N4O2/c1-7-11-33-39-34-25(3)20-28(31-23-40-19-10-12-24(2)35(40)38-31)21-32(34)41(33)22-26-15-17-27(18-16-26)29-13-8-9-14-30(29)36(42)43-37(4,5)6/h8-10,12-21,23H,7,11,22H2,1-6H3. The normalized spacial score (nSPS) is 11.9. The van der Waals surface area contributed by atoms with Crippen LogP contribution in [-0.2, 0) is 17.7 Å². The molecule has 0 fully saturated rings. The zero-order valence-electron chi connectivity index (χ0n) is 25.8. The molecule has 6 aromatic rings. The summed E-state index contributed by atoms with van der Waals surface area (Å²) in [4.78, 5) is 23.0. The fourth-order valence-electron chi connectivity index (χ4n) is 5.69. The number of aryl methyl sites for hydroxylation is 3. The summed E-state index contributed by atoms with van der Waals surface area (Å²) in [6, 6.07) is 24.7. The molecule has 0 aliphatic heterocycles. The van der Waals surface area contributed by atoms with Gasteiger partial charge in [0.2, 0.25) is 0 Å². The Morgan fingerprint density at radius 3 is 2.37 bits per heavy atom. The van der Waals surface area contributed by atoms with Crippen molar-refractivity contribution in [2.75, 3.05) is 0 Å². The van der Waals surface area contributed by atoms with Gasteiger partial charge in [0.15, 0.2) is 0 Å². The molecule has 3 aromatic heterocycles. The molecule has 0 N–H and O–H groups in total. The number of aromatic nitrogens is 4. The minimum Gasteiger partial charge on any atom is -0.456 e. The fraction of sp³-hybridized carbons (Fsp3) is 0.270. The average molecular weight is 571 g/mol. The monoisotopic (exact) mass is 570 g/mol. The summed E-state index contributed by atoms with van der Waals surface area (Å²) in [6.45, 7) is 12.8. The van der Waals surface area contributed by atoms with E-state index >= 15 is 0 Å². The van der Waals surface area contributed by atoms with Crippen molar-refractivity contribution in [3.8, 4) is 22.4 Å². The molecule has 6 rings (SSSR count). The fourth-order valence-corrected chi connectivity index (χ4v) is 5.69. The van der Waals surface area contributed by atoms with Gasteiger partial charge in [-0.3, -0.25) is 0 Å². The Bertz CT molecular complexity index is 1960. The topological polar surface area (TPSA) is 61.4 Å². The molecule has 0 spiro atoms. The van der Waals surface area contributed by atoms with Crippen LogP contribution in [0.1, 0.15) is 67.0 Å². The highest BCUT2D eigenvalue weighted by Gasteiger charge is 2.21. The van der Waals surface area contributed by atoms with Crippen LogP contribution in [0.15, 0.2) is 85.2 Å². The number of carbonyl (C=O) groups is 1. The second-order valence-corrected chi connectivity index (χ2v) is 12.3. The first-order valence-electron chi connectivity index (χ1n) is 15.0. The lowest BCUT2D eigenvalue weighted by molar-refractivity contribution is 0.00704. The van der Waals surface area contributed by atoms with Gasteiger partial charge in [0.05, 0.1) is 22.3 Å². The van der Waals surface area contributed by atoms with E-state index in [1.54, 1.807) is 0 Å². The van der Waals surface area contributed by atoms with E-state index in [0.29, 0.717) is 12.1 Å². The number of esters is 1. The lowest BCUT2D eigenvalue weighted by Crippen LogP contribution is -2.24. The molecule has 6 heteroatoms. The van der Waals surface area contributed by atoms with E-state index in [1.807, 2.05) is 51.2 Å². The molecule has 0 bridgehead atoms. The Kier molecular flexibility index (Phi) is 7.38. The number of fused-ring (bicyclic) bond motifs is 2. The number of nitrogens with zero attached hydrogens (tertiary/aromatic N) is 4. The lowest BCUT2D eigenvalue weighted by Gasteiger charge is -2.20. The molecule has 218 valence electrons. The van der Waals surface area contributed by atoms with E-state index in [0.717, 1.165) is 68.9 Å². The van der Waals surface area contributed by atoms with Gasteiger partial charge in [-0.25, -0.2) is 14.8 Å². The van der Waals surface area contributed by atoms with E-state index in [2.05, 4.69) is 84.5 Å². The zero-order chi connectivity index (χ0) is 30.3. The van der Waals surface area contributed by atoms with Gasteiger partial charge in [-0.05, 0) is 93.1 Å². The summed E-state index contributed by atoms with van der Waals surface area (Å²) in [5, 5.41) is 0. The molecule has 0 radical (unpaired) electrons. The van der Waals surface area contributed by atoms with Gasteiger partial charge in [0, 0.05) is 30.9 Å². The molecule has 6 nitrogen and oxygen atoms in total. The number of pyridine rings is 1. The summed E-state index contributed by atoms with van der Waals surface area (Å²) in [5.41, 5.74) is 10.5. The van der Waals surface area contributed by atoms with Crippen LogP contribution in [0.4, 0.5) is 0 Å². The first kappa shape index (κ1) is 28.4. The van der Waals surface area contributed by atoms with Gasteiger partial charge in [0.1, 0.15) is 17.1 Å². The Balaban J connectivity index is 1.36. The maximum atomic E-state index is 12.9. The quantitative estimate of drug-likeness (QED) is 0.180. The molecule has 0 atom stereocenters. The van der Waals surface area contributed by atoms with Crippen LogP contribution in [0.5, 0.6) is 0 Å². The number of hydrogen-bond acceptors (Lipinski definition) is 4. The smallest absolute Gasteiger partial charge is 0.339 e. The zero-order valence-corrected chi connectivity index (χ0v) is 25.8. The SMILES string of the molecule is CCCc1nc2c(C)cc(-c3cn4cccc(C)c4n3)cc2n1Cc1ccc(-c2ccccc2C(=O)OC(C)(C)C)cc1. The third kappa shape index (κ3) is 5.70. The molecular weight excluding hydrogens is 532 g/mol. The van der Waals surface area contributed by atoms with Gasteiger partial charge in [0.25, 0.3) is 0 Å². The molecule has 0 aliphatic carbocycles. The summed E-state index contributed by atoms with van der Waals surface area (Å²) >= 11 is 0. The number of ether oxygens (including phenoxy) is 1. The van der Waals surface area contributed by atoms with Gasteiger partial charge in [-0.15, -0.1) is 0 Å². The van der Waals surface area contributed by atoms with E-state index in [-0.39, 0.29) is 5.97 Å². The van der Waals surface area contributed by atoms with E-state index in [4.69, 9.17) is 14.7 Å². The maximum Gasteiger partial charge on any atom is 0.339 e. The molecule has 0 saturated carbocycles. The second-order valence-electron chi connectivity index (χ2n) is 12.3. The van der Waals surface area contributed by atoms with E-state index in [1.165, 1.54) is 5.56 Å². The Morgan fingerprint density at radius 2 is 1.65 bits per heavy atom. The van der Waals surface area contributed by atoms with Crippen LogP contribution in [-0.4, -0.2) is 30.5 Å². The van der Waals surface area contributed by atoms with Gasteiger partial charge < -0.3 is 13.7 Å². The highest BCUT2D eigenvalue weighted by molar-refractivity contribution is 5.97. The number of imidazole rings is 2. The summed E-state index contributed by atoms with van der Waals surface area (Å²) < 4.78 is 10.1. The van der Waals surface area contributed by atoms with Crippen LogP contribution in [0.2, 0.25) is 0 Å². The van der Waals surface area contributed by atoms with Crippen molar-refractivity contribution in [2.45, 2.75) is 66.5 Å². The minimum atomic E-state index is -0.555. The first-order valence-corrected chi connectivity index (χ1v) is 15.0. The van der Waals surface area contributed by atoms with Crippen LogP contribution < -0.4 is 0 Å². The third-order valence-corrected chi connectivity index (χ3v) is 7.72. The van der Waals surface area contributed by atoms with Crippen molar-refractivity contribution in [3.05, 3.63) is 113 Å². The Labute approximate surface area is 253 Å². The van der Waals surface area contributed by atoms with Crippen molar-refractivity contribution >= 4 is 22.6 Å². The molecule has 0 aliphatic rings. The predicted octanol–water partition coefficient (Wildman–Crippen LogP) is 8.59. The molecule has 0 amide bonds. The first-order chi connectivity index (χ1) is 20.6. The molecule has 3 heterocycles. The summed E-state index contributed by atoms with van der Waals surface area (Å²) in [5.74, 6) is 0.774. The number of benzene rings is 3. The number of hydrogen-bond donors (Lipinski definition) is 0. The summed E-state index contributed by atoms with van der Waals surface area (Å²) in [7, 11) is 0. The molecule has 0 saturated heterocycles. The van der Waals surface area contributed by atoms with E-state index in [9.17, 15) is 4.79 Å². The molecule has 3 aromatic carbocycles. The average Bonchev–Trinajstić information content (AvgIpc) is 3.56. The van der Waals surface area contributed by atoms with Gasteiger partial charge in [-0.2, -0.15) is 0 Å². The number of carbonyl (C=O) groups excluding carboxylic acids is 1. The van der Waals surface area contributed by atoms with Crippen molar-refractivity contribution in [1.29, 1.82) is 0 Å². The highest BCUT2D eigenvalue weighted by atomic mass is 16.6. The van der Waals surface area contributed by atoms with Gasteiger partial charge in [-0.1, -0.05) is 55.5 Å². The predicted molar refractivity (Wildman–Crippen MR) is 174 cm³/mol. The van der Waals surface area contributed by atoms with Crippen LogP contribution in [0.3, 0.4) is 0 Å². The van der Waals surface area contributed by atoms with Crippen LogP contribution in [0, 0.1) is 13.8 Å². The largest absolute Gasteiger partial charge is 0.456 e. The highest BCUT2D eigenvalue weighted by Crippen LogP contribution is 2.31. The van der Waals surface area contributed by atoms with Crippen LogP contribution >= 0.6 is 0 Å². The minimum absolute atomic E-state index is 0.312. The van der Waals surface area contributed by atoms with Crippen molar-refractivity contribution in [1.82, 2.24) is 18.9 Å². The van der Waals surface area contributed by atoms with Crippen LogP contribution in [0.25, 0.3) is 39.1 Å². The Hall–Kier alpha value is -4.71. The summed E-state index contributed by atoms with van der Waals surface area (Å²) in [6.07, 6.45) is 6.06. The Morgan fingerprint density at radius 1 is 0.884 bits per heavy atom. The maximum absolute atomic E-state index is 12.9. The van der Waals surface area contributed by atoms with E-state index < -0.39 is 5.60 Å². The molecule has 43 heavy (non-hydrogen) atoms. The second kappa shape index (κ2) is 11.2. The lowest BCUT2D eigenvalue weighted by atomic mass is 9.98. The van der Waals surface area contributed by atoms with Crippen molar-refractivity contribution < 1.29 is 9.53 Å². The van der Waals surface area contributed by atoms with Crippen molar-refractivity contribution in [2.24, 2.45) is 0 Å². The van der Waals surface area contributed by atoms with Crippen molar-refractivity contribution in [3.63, 3.8) is 0 Å². The molecule has 0 unspecified atom stereocenters. The molecular formula is C37H38N4O2. The number of rotatable bonds is 7. The van der Waals surface area contributed by atoms with Gasteiger partial charge >= 0.3 is 5.97 Å².